The van der Waals surface area contributed by atoms with Gasteiger partial charge in [0.05, 0.1) is 6.04 Å². The highest BCUT2D eigenvalue weighted by atomic mass is 79.9. The molecule has 1 aromatic rings. The van der Waals surface area contributed by atoms with Gasteiger partial charge in [0, 0.05) is 24.0 Å². The number of nitrogens with one attached hydrogen (secondary N) is 1. The average Bonchev–Trinajstić information content (AvgIpc) is 2.42. The first kappa shape index (κ1) is 14.7. The Kier molecular flexibility index (Phi) is 4.13. The minimum Gasteiger partial charge on any atom is -0.303 e. The van der Waals surface area contributed by atoms with Gasteiger partial charge in [0.25, 0.3) is 0 Å². The highest BCUT2D eigenvalue weighted by Gasteiger charge is 2.37. The highest BCUT2D eigenvalue weighted by Crippen LogP contribution is 2.38. The standard InChI is InChI=1S/C16H19BrN2O2/c1-19-15(20)6-5-14(16(19)21)18-13-8-11(9-13)10-3-2-4-12(17)7-10/h2-4,7,11,13-14,18H,5-6,8-9H2,1H3. The Bertz CT molecular complexity index is 569. The molecule has 0 bridgehead atoms. The summed E-state index contributed by atoms with van der Waals surface area (Å²) in [5.41, 5.74) is 1.35. The van der Waals surface area contributed by atoms with Gasteiger partial charge in [0.1, 0.15) is 0 Å². The number of amides is 2. The van der Waals surface area contributed by atoms with Crippen molar-refractivity contribution >= 4 is 27.7 Å². The van der Waals surface area contributed by atoms with Gasteiger partial charge in [-0.3, -0.25) is 14.5 Å². The number of carbonyl (C=O) groups excluding carboxylic acids is 2. The number of imide groups is 1. The van der Waals surface area contributed by atoms with Gasteiger partial charge >= 0.3 is 0 Å². The molecule has 21 heavy (non-hydrogen) atoms. The summed E-state index contributed by atoms with van der Waals surface area (Å²) >= 11 is 3.50. The van der Waals surface area contributed by atoms with Gasteiger partial charge in [-0.05, 0) is 42.9 Å². The van der Waals surface area contributed by atoms with Crippen LogP contribution < -0.4 is 5.32 Å². The highest BCUT2D eigenvalue weighted by molar-refractivity contribution is 9.10. The number of halogens is 1. The predicted octanol–water partition coefficient (Wildman–Crippen LogP) is 2.43. The van der Waals surface area contributed by atoms with Gasteiger partial charge in [-0.25, -0.2) is 0 Å². The average molecular weight is 351 g/mol. The SMILES string of the molecule is CN1C(=O)CCC(NC2CC(c3cccc(Br)c3)C2)C1=O. The molecule has 1 saturated heterocycles. The van der Waals surface area contributed by atoms with Crippen LogP contribution in [0.4, 0.5) is 0 Å². The van der Waals surface area contributed by atoms with E-state index in [1.807, 2.05) is 6.07 Å². The number of benzene rings is 1. The van der Waals surface area contributed by atoms with Gasteiger partial charge in [0.2, 0.25) is 11.8 Å². The van der Waals surface area contributed by atoms with Gasteiger partial charge in [-0.15, -0.1) is 0 Å². The number of likely N-dealkylation sites (N-methyl/N-ethyl adjacent to an activating group) is 1. The maximum atomic E-state index is 12.0. The van der Waals surface area contributed by atoms with E-state index >= 15 is 0 Å². The largest absolute Gasteiger partial charge is 0.303 e. The van der Waals surface area contributed by atoms with Crippen LogP contribution in [0.5, 0.6) is 0 Å². The van der Waals surface area contributed by atoms with Crippen molar-refractivity contribution in [3.8, 4) is 0 Å². The minimum absolute atomic E-state index is 0.0707. The number of hydrogen-bond acceptors (Lipinski definition) is 3. The lowest BCUT2D eigenvalue weighted by Gasteiger charge is -2.40. The lowest BCUT2D eigenvalue weighted by molar-refractivity contribution is -0.148. The van der Waals surface area contributed by atoms with E-state index in [2.05, 4.69) is 39.4 Å². The Hall–Kier alpha value is -1.20. The summed E-state index contributed by atoms with van der Waals surface area (Å²) < 4.78 is 1.11. The number of rotatable bonds is 3. The Morgan fingerprint density at radius 2 is 2.05 bits per heavy atom. The third-order valence-corrected chi connectivity index (χ3v) is 5.04. The number of nitrogens with zero attached hydrogens (tertiary/aromatic N) is 1. The van der Waals surface area contributed by atoms with E-state index in [1.165, 1.54) is 10.5 Å². The van der Waals surface area contributed by atoms with Crippen LogP contribution in [0.15, 0.2) is 28.7 Å². The molecule has 2 amide bonds. The van der Waals surface area contributed by atoms with E-state index < -0.39 is 0 Å². The fourth-order valence-electron chi connectivity index (χ4n) is 3.14. The minimum atomic E-state index is -0.193. The Morgan fingerprint density at radius 3 is 2.76 bits per heavy atom. The van der Waals surface area contributed by atoms with Crippen molar-refractivity contribution in [2.24, 2.45) is 0 Å². The summed E-state index contributed by atoms with van der Waals surface area (Å²) in [6, 6.07) is 8.60. The summed E-state index contributed by atoms with van der Waals surface area (Å²) in [6.45, 7) is 0. The van der Waals surface area contributed by atoms with Crippen LogP contribution >= 0.6 is 15.9 Å². The van der Waals surface area contributed by atoms with Crippen molar-refractivity contribution in [2.45, 2.75) is 43.7 Å². The molecule has 1 aliphatic carbocycles. The van der Waals surface area contributed by atoms with E-state index in [4.69, 9.17) is 0 Å². The monoisotopic (exact) mass is 350 g/mol. The van der Waals surface area contributed by atoms with E-state index in [9.17, 15) is 9.59 Å². The van der Waals surface area contributed by atoms with Crippen LogP contribution in [0.1, 0.15) is 37.2 Å². The molecule has 2 fully saturated rings. The predicted molar refractivity (Wildman–Crippen MR) is 83.8 cm³/mol. The molecule has 0 radical (unpaired) electrons. The molecule has 5 heteroatoms. The molecule has 3 rings (SSSR count). The first-order valence-corrected chi connectivity index (χ1v) is 8.16. The smallest absolute Gasteiger partial charge is 0.246 e. The second-order valence-electron chi connectivity index (χ2n) is 5.97. The zero-order valence-corrected chi connectivity index (χ0v) is 13.6. The molecule has 1 unspecified atom stereocenters. The number of piperidine rings is 1. The van der Waals surface area contributed by atoms with Crippen LogP contribution in [-0.2, 0) is 9.59 Å². The van der Waals surface area contributed by atoms with Crippen LogP contribution in [0.2, 0.25) is 0 Å². The Morgan fingerprint density at radius 1 is 1.29 bits per heavy atom. The fourth-order valence-corrected chi connectivity index (χ4v) is 3.56. The lowest BCUT2D eigenvalue weighted by atomic mass is 9.75. The fraction of sp³-hybridized carbons (Fsp3) is 0.500. The molecule has 1 N–H and O–H groups in total. The number of carbonyl (C=O) groups is 2. The zero-order chi connectivity index (χ0) is 15.0. The van der Waals surface area contributed by atoms with E-state index in [1.54, 1.807) is 7.05 Å². The molecule has 1 atom stereocenters. The molecule has 1 aromatic carbocycles. The number of likely N-dealkylation sites (tertiary alicyclic amines) is 1. The van der Waals surface area contributed by atoms with Crippen molar-refractivity contribution in [1.29, 1.82) is 0 Å². The summed E-state index contributed by atoms with van der Waals surface area (Å²) in [6.07, 6.45) is 3.19. The van der Waals surface area contributed by atoms with Crippen molar-refractivity contribution in [3.05, 3.63) is 34.3 Å². The molecule has 112 valence electrons. The molecule has 0 spiro atoms. The molecule has 0 aromatic heterocycles. The maximum Gasteiger partial charge on any atom is 0.246 e. The summed E-state index contributed by atoms with van der Waals surface area (Å²) in [5, 5.41) is 3.42. The van der Waals surface area contributed by atoms with Crippen molar-refractivity contribution in [1.82, 2.24) is 10.2 Å². The topological polar surface area (TPSA) is 49.4 Å². The summed E-state index contributed by atoms with van der Waals surface area (Å²) in [5.74, 6) is 0.411. The molecular weight excluding hydrogens is 332 g/mol. The Balaban J connectivity index is 1.53. The third-order valence-electron chi connectivity index (χ3n) is 4.54. The van der Waals surface area contributed by atoms with E-state index in [0.29, 0.717) is 24.8 Å². The van der Waals surface area contributed by atoms with Gasteiger partial charge in [-0.2, -0.15) is 0 Å². The zero-order valence-electron chi connectivity index (χ0n) is 12.0. The van der Waals surface area contributed by atoms with Gasteiger partial charge in [0.15, 0.2) is 0 Å². The van der Waals surface area contributed by atoms with Crippen LogP contribution in [-0.4, -0.2) is 35.8 Å². The molecule has 1 heterocycles. The summed E-state index contributed by atoms with van der Waals surface area (Å²) in [7, 11) is 1.57. The van der Waals surface area contributed by atoms with E-state index in [0.717, 1.165) is 17.3 Å². The van der Waals surface area contributed by atoms with Crippen LogP contribution in [0.25, 0.3) is 0 Å². The van der Waals surface area contributed by atoms with Crippen molar-refractivity contribution < 1.29 is 9.59 Å². The van der Waals surface area contributed by atoms with Crippen LogP contribution in [0.3, 0.4) is 0 Å². The first-order chi connectivity index (χ1) is 10.0. The third kappa shape index (κ3) is 3.04. The molecule has 2 aliphatic rings. The molecule has 1 saturated carbocycles. The Labute approximate surface area is 133 Å². The summed E-state index contributed by atoms with van der Waals surface area (Å²) in [4.78, 5) is 24.8. The molecule has 1 aliphatic heterocycles. The maximum absolute atomic E-state index is 12.0. The molecule has 4 nitrogen and oxygen atoms in total. The van der Waals surface area contributed by atoms with Gasteiger partial charge < -0.3 is 5.32 Å². The normalized spacial score (nSPS) is 29.4. The first-order valence-electron chi connectivity index (χ1n) is 7.36. The number of hydrogen-bond donors (Lipinski definition) is 1. The van der Waals surface area contributed by atoms with E-state index in [-0.39, 0.29) is 17.9 Å². The van der Waals surface area contributed by atoms with Crippen LogP contribution in [0, 0.1) is 0 Å². The molecular formula is C16H19BrN2O2. The van der Waals surface area contributed by atoms with Crippen molar-refractivity contribution in [3.63, 3.8) is 0 Å². The van der Waals surface area contributed by atoms with Gasteiger partial charge in [-0.1, -0.05) is 28.1 Å². The lowest BCUT2D eigenvalue weighted by Crippen LogP contribution is -2.56. The second-order valence-corrected chi connectivity index (χ2v) is 6.88. The second kappa shape index (κ2) is 5.89. The van der Waals surface area contributed by atoms with Crippen molar-refractivity contribution in [2.75, 3.05) is 7.05 Å². The quantitative estimate of drug-likeness (QED) is 0.851.